The number of aromatic nitrogens is 3. The molecule has 2 aromatic rings. The molecule has 96 valence electrons. The van der Waals surface area contributed by atoms with E-state index in [0.717, 1.165) is 27.7 Å². The molecule has 1 aromatic heterocycles. The maximum atomic E-state index is 6.23. The predicted molar refractivity (Wildman–Crippen MR) is 74.0 cm³/mol. The Morgan fingerprint density at radius 3 is 2.83 bits per heavy atom. The third kappa shape index (κ3) is 3.48. The molecule has 2 rings (SSSR count). The van der Waals surface area contributed by atoms with Gasteiger partial charge in [-0.05, 0) is 49.7 Å². The second kappa shape index (κ2) is 5.73. The van der Waals surface area contributed by atoms with Gasteiger partial charge in [-0.25, -0.2) is 4.98 Å². The molecular formula is C12H15ClN4S. The Kier molecular flexibility index (Phi) is 4.27. The number of aryl methyl sites for hydroxylation is 1. The Morgan fingerprint density at radius 1 is 1.50 bits per heavy atom. The molecule has 0 bridgehead atoms. The summed E-state index contributed by atoms with van der Waals surface area (Å²) in [4.78, 5) is 5.26. The lowest BCUT2D eigenvalue weighted by Crippen LogP contribution is -2.17. The van der Waals surface area contributed by atoms with Crippen LogP contribution in [0.4, 0.5) is 0 Å². The van der Waals surface area contributed by atoms with Gasteiger partial charge in [0.05, 0.1) is 0 Å². The first-order chi connectivity index (χ1) is 8.54. The summed E-state index contributed by atoms with van der Waals surface area (Å²) in [6, 6.07) is 6.06. The van der Waals surface area contributed by atoms with Gasteiger partial charge in [0.15, 0.2) is 0 Å². The summed E-state index contributed by atoms with van der Waals surface area (Å²) in [7, 11) is 0. The summed E-state index contributed by atoms with van der Waals surface area (Å²) < 4.78 is 0. The summed E-state index contributed by atoms with van der Waals surface area (Å²) in [6.07, 6.45) is 0.781. The molecule has 1 aromatic carbocycles. The smallest absolute Gasteiger partial charge is 0.213 e. The number of nitrogens with zero attached hydrogens (tertiary/aromatic N) is 2. The van der Waals surface area contributed by atoms with Crippen molar-refractivity contribution in [3.05, 3.63) is 34.6 Å². The maximum absolute atomic E-state index is 6.23. The molecule has 0 amide bonds. The molecule has 6 heteroatoms. The van der Waals surface area contributed by atoms with Crippen molar-refractivity contribution < 1.29 is 0 Å². The van der Waals surface area contributed by atoms with Crippen molar-refractivity contribution in [2.45, 2.75) is 36.4 Å². The van der Waals surface area contributed by atoms with Crippen LogP contribution in [0.5, 0.6) is 0 Å². The van der Waals surface area contributed by atoms with Crippen molar-refractivity contribution in [3.8, 4) is 0 Å². The van der Waals surface area contributed by atoms with E-state index in [1.54, 1.807) is 0 Å². The Morgan fingerprint density at radius 2 is 2.28 bits per heavy atom. The van der Waals surface area contributed by atoms with Crippen LogP contribution < -0.4 is 5.73 Å². The monoisotopic (exact) mass is 282 g/mol. The Hall–Kier alpha value is -1.04. The molecular weight excluding hydrogens is 268 g/mol. The average molecular weight is 283 g/mol. The van der Waals surface area contributed by atoms with Crippen molar-refractivity contribution in [2.24, 2.45) is 5.73 Å². The van der Waals surface area contributed by atoms with Crippen LogP contribution in [0.15, 0.2) is 28.3 Å². The first-order valence-corrected chi connectivity index (χ1v) is 6.85. The average Bonchev–Trinajstić information content (AvgIpc) is 2.68. The summed E-state index contributed by atoms with van der Waals surface area (Å²) in [5, 5.41) is 8.32. The molecule has 4 nitrogen and oxygen atoms in total. The molecule has 0 radical (unpaired) electrons. The van der Waals surface area contributed by atoms with Gasteiger partial charge in [-0.1, -0.05) is 17.7 Å². The first-order valence-electron chi connectivity index (χ1n) is 5.65. The largest absolute Gasteiger partial charge is 0.328 e. The second-order valence-corrected chi connectivity index (χ2v) is 5.69. The molecule has 0 fully saturated rings. The quantitative estimate of drug-likeness (QED) is 0.905. The number of hydrogen-bond donors (Lipinski definition) is 2. The van der Waals surface area contributed by atoms with Gasteiger partial charge in [-0.2, -0.15) is 0 Å². The van der Waals surface area contributed by atoms with Gasteiger partial charge in [0, 0.05) is 16.0 Å². The number of nitrogens with two attached hydrogens (primary N) is 1. The first kappa shape index (κ1) is 13.4. The molecule has 0 aliphatic rings. The fourth-order valence-electron chi connectivity index (χ4n) is 1.58. The molecule has 18 heavy (non-hydrogen) atoms. The van der Waals surface area contributed by atoms with E-state index < -0.39 is 0 Å². The van der Waals surface area contributed by atoms with E-state index in [1.807, 2.05) is 32.0 Å². The van der Waals surface area contributed by atoms with E-state index >= 15 is 0 Å². The van der Waals surface area contributed by atoms with Gasteiger partial charge < -0.3 is 5.73 Å². The lowest BCUT2D eigenvalue weighted by atomic mass is 10.1. The summed E-state index contributed by atoms with van der Waals surface area (Å²) in [5.74, 6) is 0.803. The van der Waals surface area contributed by atoms with Crippen LogP contribution >= 0.6 is 23.4 Å². The van der Waals surface area contributed by atoms with Gasteiger partial charge >= 0.3 is 0 Å². The molecule has 0 aliphatic carbocycles. The van der Waals surface area contributed by atoms with Crippen LogP contribution in [0, 0.1) is 6.92 Å². The highest BCUT2D eigenvalue weighted by Gasteiger charge is 2.07. The molecule has 1 unspecified atom stereocenters. The van der Waals surface area contributed by atoms with Crippen LogP contribution in [-0.2, 0) is 6.42 Å². The number of aromatic amines is 1. The summed E-state index contributed by atoms with van der Waals surface area (Å²) in [5.41, 5.74) is 6.84. The van der Waals surface area contributed by atoms with Crippen LogP contribution in [0.25, 0.3) is 0 Å². The van der Waals surface area contributed by atoms with Crippen LogP contribution in [0.3, 0.4) is 0 Å². The van der Waals surface area contributed by atoms with E-state index in [2.05, 4.69) is 15.2 Å². The molecule has 0 saturated heterocycles. The number of nitrogens with one attached hydrogen (secondary N) is 1. The van der Waals surface area contributed by atoms with E-state index in [4.69, 9.17) is 17.3 Å². The standard InChI is InChI=1S/C12H15ClN4S/c1-7(14)5-9-3-4-10(6-11(9)13)18-12-15-8(2)16-17-12/h3-4,6-7H,5,14H2,1-2H3,(H,15,16,17). The van der Waals surface area contributed by atoms with Crippen molar-refractivity contribution in [2.75, 3.05) is 0 Å². The minimum absolute atomic E-state index is 0.108. The zero-order valence-electron chi connectivity index (χ0n) is 10.3. The number of halogens is 1. The fraction of sp³-hybridized carbons (Fsp3) is 0.333. The molecule has 1 atom stereocenters. The predicted octanol–water partition coefficient (Wildman–Crippen LogP) is 2.81. The van der Waals surface area contributed by atoms with Crippen LogP contribution in [0.2, 0.25) is 5.02 Å². The third-order valence-electron chi connectivity index (χ3n) is 2.35. The van der Waals surface area contributed by atoms with E-state index in [1.165, 1.54) is 11.8 Å². The Balaban J connectivity index is 2.13. The van der Waals surface area contributed by atoms with Crippen molar-refractivity contribution >= 4 is 23.4 Å². The van der Waals surface area contributed by atoms with Crippen molar-refractivity contribution in [1.82, 2.24) is 15.2 Å². The highest BCUT2D eigenvalue weighted by Crippen LogP contribution is 2.29. The zero-order chi connectivity index (χ0) is 13.1. The lowest BCUT2D eigenvalue weighted by molar-refractivity contribution is 0.738. The normalized spacial score (nSPS) is 12.7. The third-order valence-corrected chi connectivity index (χ3v) is 3.56. The number of hydrogen-bond acceptors (Lipinski definition) is 4. The molecule has 0 saturated carbocycles. The Labute approximate surface area is 115 Å². The van der Waals surface area contributed by atoms with Crippen molar-refractivity contribution in [3.63, 3.8) is 0 Å². The van der Waals surface area contributed by atoms with Crippen LogP contribution in [-0.4, -0.2) is 21.2 Å². The molecule has 3 N–H and O–H groups in total. The van der Waals surface area contributed by atoms with Gasteiger partial charge in [-0.3, -0.25) is 5.10 Å². The van der Waals surface area contributed by atoms with Gasteiger partial charge in [0.25, 0.3) is 0 Å². The molecule has 0 spiro atoms. The van der Waals surface area contributed by atoms with E-state index in [-0.39, 0.29) is 6.04 Å². The zero-order valence-corrected chi connectivity index (χ0v) is 11.8. The van der Waals surface area contributed by atoms with E-state index in [9.17, 15) is 0 Å². The van der Waals surface area contributed by atoms with Crippen LogP contribution in [0.1, 0.15) is 18.3 Å². The minimum atomic E-state index is 0.108. The lowest BCUT2D eigenvalue weighted by Gasteiger charge is -2.08. The fourth-order valence-corrected chi connectivity index (χ4v) is 2.70. The van der Waals surface area contributed by atoms with E-state index in [0.29, 0.717) is 5.16 Å². The van der Waals surface area contributed by atoms with Gasteiger partial charge in [0.2, 0.25) is 5.16 Å². The number of benzene rings is 1. The highest BCUT2D eigenvalue weighted by atomic mass is 35.5. The number of H-pyrrole nitrogens is 1. The summed E-state index contributed by atoms with van der Waals surface area (Å²) in [6.45, 7) is 3.84. The molecule has 0 aliphatic heterocycles. The Bertz CT molecular complexity index is 539. The maximum Gasteiger partial charge on any atom is 0.213 e. The van der Waals surface area contributed by atoms with Crippen molar-refractivity contribution in [1.29, 1.82) is 0 Å². The summed E-state index contributed by atoms with van der Waals surface area (Å²) >= 11 is 7.71. The highest BCUT2D eigenvalue weighted by molar-refractivity contribution is 7.99. The number of rotatable bonds is 4. The van der Waals surface area contributed by atoms with Gasteiger partial charge in [0.1, 0.15) is 5.82 Å². The van der Waals surface area contributed by atoms with Gasteiger partial charge in [-0.15, -0.1) is 5.10 Å². The second-order valence-electron chi connectivity index (χ2n) is 4.24. The minimum Gasteiger partial charge on any atom is -0.328 e. The molecule has 1 heterocycles. The SMILES string of the molecule is Cc1nc(Sc2ccc(CC(C)N)c(Cl)c2)n[nH]1. The topological polar surface area (TPSA) is 67.6 Å².